The summed E-state index contributed by atoms with van der Waals surface area (Å²) >= 11 is -1.90. The first-order valence-corrected chi connectivity index (χ1v) is 8.58. The average Bonchev–Trinajstić information content (AvgIpc) is 2.48. The molecule has 0 aliphatic rings. The van der Waals surface area contributed by atoms with Gasteiger partial charge in [-0.2, -0.15) is 13.2 Å². The number of hydrogen-bond acceptors (Lipinski definition) is 3. The van der Waals surface area contributed by atoms with Crippen LogP contribution in [0.4, 0.5) is 17.6 Å². The number of rotatable bonds is 6. The van der Waals surface area contributed by atoms with Gasteiger partial charge in [0.1, 0.15) is 16.8 Å². The summed E-state index contributed by atoms with van der Waals surface area (Å²) in [5.74, 6) is -1.33. The Morgan fingerprint density at radius 1 is 1.04 bits per heavy atom. The molecule has 0 saturated carbocycles. The average molecular weight is 364 g/mol. The predicted octanol–water partition coefficient (Wildman–Crippen LogP) is 4.59. The highest BCUT2D eigenvalue weighted by Crippen LogP contribution is 2.36. The second-order valence-corrected chi connectivity index (χ2v) is 6.80. The normalized spacial score (nSPS) is 14.3. The maximum Gasteiger partial charge on any atom is 0.401 e. The maximum atomic E-state index is 13.5. The summed E-state index contributed by atoms with van der Waals surface area (Å²) in [5, 5.41) is -2.04. The van der Waals surface area contributed by atoms with Crippen LogP contribution in [0.5, 0.6) is 5.75 Å². The fourth-order valence-corrected chi connectivity index (χ4v) is 3.84. The van der Waals surface area contributed by atoms with Crippen molar-refractivity contribution in [2.45, 2.75) is 16.3 Å². The maximum absolute atomic E-state index is 13.5. The zero-order chi connectivity index (χ0) is 16.9. The van der Waals surface area contributed by atoms with Crippen molar-refractivity contribution in [2.24, 2.45) is 0 Å². The van der Waals surface area contributed by atoms with Crippen molar-refractivity contribution in [3.63, 3.8) is 0 Å². The number of para-hydroxylation sites is 1. The molecule has 0 aliphatic heterocycles. The lowest BCUT2D eigenvalue weighted by Crippen LogP contribution is -2.32. The van der Waals surface area contributed by atoms with Gasteiger partial charge in [-0.05, 0) is 24.3 Å². The fraction of sp³-hybridized carbons (Fsp3) is 0.200. The number of thioether (sulfide) groups is 1. The van der Waals surface area contributed by atoms with Crippen molar-refractivity contribution in [3.05, 3.63) is 60.4 Å². The summed E-state index contributed by atoms with van der Waals surface area (Å²) in [6, 6.07) is 13.1. The monoisotopic (exact) mass is 364 g/mol. The first kappa shape index (κ1) is 17.8. The van der Waals surface area contributed by atoms with Crippen LogP contribution in [0.1, 0.15) is 0 Å². The third kappa shape index (κ3) is 5.54. The molecule has 0 aromatic heterocycles. The molecule has 2 aromatic carbocycles. The zero-order valence-corrected chi connectivity index (χ0v) is 13.3. The molecule has 0 spiro atoms. The van der Waals surface area contributed by atoms with E-state index in [9.17, 15) is 21.8 Å². The van der Waals surface area contributed by atoms with Crippen LogP contribution in [-0.2, 0) is 11.1 Å². The summed E-state index contributed by atoms with van der Waals surface area (Å²) in [4.78, 5) is -0.147. The Morgan fingerprint density at radius 3 is 2.26 bits per heavy atom. The molecule has 8 heteroatoms. The molecule has 2 atom stereocenters. The van der Waals surface area contributed by atoms with Crippen molar-refractivity contribution in [1.82, 2.24) is 0 Å². The van der Waals surface area contributed by atoms with E-state index in [0.717, 1.165) is 6.07 Å². The van der Waals surface area contributed by atoms with E-state index >= 15 is 0 Å². The third-order valence-electron chi connectivity index (χ3n) is 2.69. The number of halogens is 4. The summed E-state index contributed by atoms with van der Waals surface area (Å²) in [6.07, 6.45) is -4.64. The Kier molecular flexibility index (Phi) is 6.06. The minimum atomic E-state index is -4.64. The molecule has 2 rings (SSSR count). The summed E-state index contributed by atoms with van der Waals surface area (Å²) in [5.41, 5.74) is 0. The van der Waals surface area contributed by atoms with Gasteiger partial charge < -0.3 is 4.18 Å². The lowest BCUT2D eigenvalue weighted by atomic mass is 10.3. The van der Waals surface area contributed by atoms with Gasteiger partial charge in [-0.1, -0.05) is 30.3 Å². The van der Waals surface area contributed by atoms with Crippen LogP contribution < -0.4 is 4.18 Å². The Hall–Kier alpha value is -1.54. The molecule has 0 heterocycles. The van der Waals surface area contributed by atoms with Gasteiger partial charge in [0.05, 0.1) is 5.75 Å². The molecule has 0 radical (unpaired) electrons. The smallest absolute Gasteiger partial charge is 0.401 e. The quantitative estimate of drug-likeness (QED) is 0.554. The largest absolute Gasteiger partial charge is 0.401 e. The minimum Gasteiger partial charge on any atom is -0.401 e. The molecule has 0 saturated heterocycles. The molecule has 0 N–H and O–H groups in total. The van der Waals surface area contributed by atoms with Crippen molar-refractivity contribution in [1.29, 1.82) is 0 Å². The molecule has 0 bridgehead atoms. The van der Waals surface area contributed by atoms with E-state index in [-0.39, 0.29) is 22.4 Å². The SMILES string of the molecule is O=S(C[C@@H](Sc1ccccc1F)C(F)(F)F)Oc1ccccc1. The third-order valence-corrected chi connectivity index (χ3v) is 5.19. The highest BCUT2D eigenvalue weighted by molar-refractivity contribution is 8.00. The van der Waals surface area contributed by atoms with Gasteiger partial charge in [0.15, 0.2) is 0 Å². The molecule has 0 amide bonds. The van der Waals surface area contributed by atoms with E-state index in [2.05, 4.69) is 0 Å². The molecular formula is C15H12F4O2S2. The number of alkyl halides is 3. The van der Waals surface area contributed by atoms with Crippen molar-refractivity contribution in [3.8, 4) is 5.75 Å². The second kappa shape index (κ2) is 7.83. The topological polar surface area (TPSA) is 26.3 Å². The van der Waals surface area contributed by atoms with E-state index < -0.39 is 34.1 Å². The van der Waals surface area contributed by atoms with E-state index in [1.54, 1.807) is 18.2 Å². The molecule has 0 fully saturated rings. The molecule has 23 heavy (non-hydrogen) atoms. The van der Waals surface area contributed by atoms with Gasteiger partial charge >= 0.3 is 6.18 Å². The first-order valence-electron chi connectivity index (χ1n) is 6.46. The molecule has 0 aliphatic carbocycles. The summed E-state index contributed by atoms with van der Waals surface area (Å²) < 4.78 is 69.6. The predicted molar refractivity (Wildman–Crippen MR) is 82.2 cm³/mol. The van der Waals surface area contributed by atoms with Crippen molar-refractivity contribution < 1.29 is 26.0 Å². The molecule has 2 aromatic rings. The Labute approximate surface area is 137 Å². The van der Waals surface area contributed by atoms with Crippen LogP contribution >= 0.6 is 11.8 Å². The minimum absolute atomic E-state index is 0.147. The lowest BCUT2D eigenvalue weighted by Gasteiger charge is -2.19. The van der Waals surface area contributed by atoms with E-state index in [1.807, 2.05) is 0 Å². The molecular weight excluding hydrogens is 352 g/mol. The zero-order valence-electron chi connectivity index (χ0n) is 11.6. The Balaban J connectivity index is 2.07. The van der Waals surface area contributed by atoms with E-state index in [1.165, 1.54) is 30.3 Å². The van der Waals surface area contributed by atoms with Gasteiger partial charge in [-0.15, -0.1) is 11.8 Å². The summed E-state index contributed by atoms with van der Waals surface area (Å²) in [7, 11) is 0. The lowest BCUT2D eigenvalue weighted by molar-refractivity contribution is -0.124. The van der Waals surface area contributed by atoms with Crippen LogP contribution in [0.25, 0.3) is 0 Å². The first-order chi connectivity index (χ1) is 10.9. The van der Waals surface area contributed by atoms with E-state index in [4.69, 9.17) is 4.18 Å². The fourth-order valence-electron chi connectivity index (χ4n) is 1.63. The Bertz CT molecular complexity index is 662. The Morgan fingerprint density at radius 2 is 1.65 bits per heavy atom. The van der Waals surface area contributed by atoms with Gasteiger partial charge in [-0.25, -0.2) is 8.60 Å². The molecule has 2 nitrogen and oxygen atoms in total. The van der Waals surface area contributed by atoms with E-state index in [0.29, 0.717) is 0 Å². The second-order valence-electron chi connectivity index (χ2n) is 4.45. The van der Waals surface area contributed by atoms with Crippen LogP contribution in [0.2, 0.25) is 0 Å². The van der Waals surface area contributed by atoms with Gasteiger partial charge in [0.25, 0.3) is 0 Å². The van der Waals surface area contributed by atoms with Crippen molar-refractivity contribution >= 4 is 22.8 Å². The summed E-state index contributed by atoms with van der Waals surface area (Å²) in [6.45, 7) is 0. The number of hydrogen-bond donors (Lipinski definition) is 0. The molecule has 1 unspecified atom stereocenters. The standard InChI is InChI=1S/C15H12F4O2S2/c16-12-8-4-5-9-13(12)22-14(15(17,18)19)10-23(20)21-11-6-2-1-3-7-11/h1-9,14H,10H2/t14-,23?/m1/s1. The van der Waals surface area contributed by atoms with Gasteiger partial charge in [0.2, 0.25) is 11.1 Å². The molecule has 124 valence electrons. The van der Waals surface area contributed by atoms with Crippen LogP contribution in [0.3, 0.4) is 0 Å². The van der Waals surface area contributed by atoms with Gasteiger partial charge in [-0.3, -0.25) is 0 Å². The van der Waals surface area contributed by atoms with Crippen LogP contribution in [0.15, 0.2) is 59.5 Å². The highest BCUT2D eigenvalue weighted by Gasteiger charge is 2.42. The highest BCUT2D eigenvalue weighted by atomic mass is 32.2. The van der Waals surface area contributed by atoms with Crippen LogP contribution in [0, 0.1) is 5.82 Å². The number of benzene rings is 2. The van der Waals surface area contributed by atoms with Crippen molar-refractivity contribution in [2.75, 3.05) is 5.75 Å². The van der Waals surface area contributed by atoms with Gasteiger partial charge in [0, 0.05) is 4.90 Å². The van der Waals surface area contributed by atoms with Crippen LogP contribution in [-0.4, -0.2) is 21.4 Å².